The lowest BCUT2D eigenvalue weighted by atomic mass is 9.78. The van der Waals surface area contributed by atoms with Crippen LogP contribution in [0, 0.1) is 0 Å². The molecule has 324 valence electrons. The van der Waals surface area contributed by atoms with Gasteiger partial charge in [0.2, 0.25) is 0 Å². The minimum absolute atomic E-state index is 0.281. The van der Waals surface area contributed by atoms with Gasteiger partial charge in [-0.25, -0.2) is 9.97 Å². The Labute approximate surface area is 404 Å². The lowest BCUT2D eigenvalue weighted by Crippen LogP contribution is -2.08. The quantitative estimate of drug-likeness (QED) is 0.162. The molecule has 4 bridgehead atoms. The van der Waals surface area contributed by atoms with Crippen molar-refractivity contribution in [1.29, 1.82) is 0 Å². The molecule has 12 aromatic rings. The van der Waals surface area contributed by atoms with Crippen molar-refractivity contribution < 1.29 is 0 Å². The molecule has 0 amide bonds. The van der Waals surface area contributed by atoms with Gasteiger partial charge in [-0.15, -0.1) is 0 Å². The predicted octanol–water partition coefficient (Wildman–Crippen LogP) is 16.2. The van der Waals surface area contributed by atoms with Crippen LogP contribution in [-0.4, -0.2) is 19.9 Å². The Bertz CT molecular complexity index is 4080. The van der Waals surface area contributed by atoms with Crippen molar-refractivity contribution in [3.05, 3.63) is 239 Å². The Morgan fingerprint density at radius 1 is 0.300 bits per heavy atom. The zero-order chi connectivity index (χ0) is 45.3. The summed E-state index contributed by atoms with van der Waals surface area (Å²) in [5, 5.41) is 4.68. The number of fused-ring (bicyclic) bond motifs is 32. The maximum absolute atomic E-state index is 5.78. The average molecular weight is 889 g/mol. The second-order valence-electron chi connectivity index (χ2n) is 20.2. The summed E-state index contributed by atoms with van der Waals surface area (Å²) in [7, 11) is 0. The molecule has 4 aromatic heterocycles. The summed E-state index contributed by atoms with van der Waals surface area (Å²) in [6.45, 7) is 0. The van der Waals surface area contributed by atoms with E-state index in [4.69, 9.17) is 19.9 Å². The molecule has 70 heavy (non-hydrogen) atoms. The van der Waals surface area contributed by atoms with Gasteiger partial charge in [-0.1, -0.05) is 158 Å². The van der Waals surface area contributed by atoms with Crippen LogP contribution >= 0.6 is 0 Å². The third-order valence-corrected chi connectivity index (χ3v) is 17.0. The molecule has 0 saturated heterocycles. The Hall–Kier alpha value is -8.60. The average Bonchev–Trinajstić information content (AvgIpc) is 4.22. The minimum atomic E-state index is 0.281. The SMILES string of the molecule is c1ccc2c(c1)-c1ccccc1-c1ccc(-c3nc4c(ccc5cccnc54)c4c3C3CC4c4ccccc43)cc1-c1cc(-c3nc4c(ccc5cccnc54)c4c3C3CC4c4ccccc43)ccc1-2. The van der Waals surface area contributed by atoms with Gasteiger partial charge in [-0.2, -0.15) is 0 Å². The Kier molecular flexibility index (Phi) is 7.24. The van der Waals surface area contributed by atoms with Crippen LogP contribution in [0.2, 0.25) is 0 Å². The van der Waals surface area contributed by atoms with Crippen molar-refractivity contribution in [3.8, 4) is 67.0 Å². The van der Waals surface area contributed by atoms with Crippen LogP contribution in [0.4, 0.5) is 0 Å². The van der Waals surface area contributed by atoms with E-state index in [1.807, 2.05) is 24.5 Å². The van der Waals surface area contributed by atoms with Crippen molar-refractivity contribution in [3.63, 3.8) is 0 Å². The van der Waals surface area contributed by atoms with Gasteiger partial charge in [0.25, 0.3) is 0 Å². The van der Waals surface area contributed by atoms with Crippen molar-refractivity contribution in [1.82, 2.24) is 19.9 Å². The van der Waals surface area contributed by atoms with Gasteiger partial charge in [0, 0.05) is 68.7 Å². The molecule has 0 aliphatic heterocycles. The van der Waals surface area contributed by atoms with Gasteiger partial charge in [-0.05, 0) is 126 Å². The Morgan fingerprint density at radius 2 is 0.671 bits per heavy atom. The minimum Gasteiger partial charge on any atom is -0.254 e. The third kappa shape index (κ3) is 4.80. The molecule has 5 aliphatic rings. The van der Waals surface area contributed by atoms with E-state index in [2.05, 4.69) is 170 Å². The van der Waals surface area contributed by atoms with Crippen molar-refractivity contribution in [2.45, 2.75) is 36.5 Å². The highest BCUT2D eigenvalue weighted by atomic mass is 14.8. The van der Waals surface area contributed by atoms with Crippen LogP contribution in [0.5, 0.6) is 0 Å². The van der Waals surface area contributed by atoms with Crippen LogP contribution in [0.15, 0.2) is 194 Å². The Morgan fingerprint density at radius 3 is 1.09 bits per heavy atom. The van der Waals surface area contributed by atoms with Crippen molar-refractivity contribution >= 4 is 43.6 Å². The highest BCUT2D eigenvalue weighted by molar-refractivity contribution is 6.10. The van der Waals surface area contributed by atoms with Crippen LogP contribution in [0.25, 0.3) is 111 Å². The van der Waals surface area contributed by atoms with Crippen LogP contribution < -0.4 is 0 Å². The molecule has 5 aliphatic carbocycles. The molecule has 4 unspecified atom stereocenters. The molecule has 17 rings (SSSR count). The highest BCUT2D eigenvalue weighted by Crippen LogP contribution is 2.62. The molecule has 0 N–H and O–H groups in total. The number of hydrogen-bond donors (Lipinski definition) is 0. The fourth-order valence-corrected chi connectivity index (χ4v) is 14.3. The maximum atomic E-state index is 5.78. The van der Waals surface area contributed by atoms with Crippen LogP contribution in [-0.2, 0) is 0 Å². The van der Waals surface area contributed by atoms with Gasteiger partial charge in [0.1, 0.15) is 0 Å². The number of aromatic nitrogens is 4. The molecular formula is C66H40N4. The summed E-state index contributed by atoms with van der Waals surface area (Å²) in [5.74, 6) is 1.21. The van der Waals surface area contributed by atoms with Gasteiger partial charge in [0.05, 0.1) is 33.5 Å². The number of benzene rings is 8. The van der Waals surface area contributed by atoms with Gasteiger partial charge >= 0.3 is 0 Å². The summed E-state index contributed by atoms with van der Waals surface area (Å²) in [6.07, 6.45) is 5.97. The second kappa shape index (κ2) is 13.6. The number of nitrogens with zero attached hydrogens (tertiary/aromatic N) is 4. The van der Waals surface area contributed by atoms with E-state index in [1.54, 1.807) is 0 Å². The summed E-state index contributed by atoms with van der Waals surface area (Å²) in [4.78, 5) is 21.6. The smallest absolute Gasteiger partial charge is 0.0975 e. The standard InChI is InChI=1S/C66H40N4/c1-3-15-41-39(13-1)40-14-2-4-16-42(40)48-26-24-38(62-60-56-34-54(44-18-6-8-20-46(44)56)58(60)50-28-22-36-12-10-30-68-64(36)66(50)70-62)32-52(48)51-31-37(23-25-47(41)51)61-59-55-33-53(43-17-5-7-19-45(43)55)57(59)49-27-21-35-11-9-29-67-63(35)65(49)69-61/h1-32,53-56H,33-34H2. The normalized spacial score (nSPS) is 18.2. The third-order valence-electron chi connectivity index (χ3n) is 17.0. The first kappa shape index (κ1) is 37.4. The van der Waals surface area contributed by atoms with Crippen LogP contribution in [0.3, 0.4) is 0 Å². The largest absolute Gasteiger partial charge is 0.254 e. The summed E-state index contributed by atoms with van der Waals surface area (Å²) < 4.78 is 0. The lowest BCUT2D eigenvalue weighted by Gasteiger charge is -2.27. The fourth-order valence-electron chi connectivity index (χ4n) is 14.3. The van der Waals surface area contributed by atoms with E-state index in [1.165, 1.54) is 99.8 Å². The summed E-state index contributed by atoms with van der Waals surface area (Å²) >= 11 is 0. The first-order chi connectivity index (χ1) is 34.7. The van der Waals surface area contributed by atoms with Crippen molar-refractivity contribution in [2.75, 3.05) is 0 Å². The molecule has 4 heterocycles. The zero-order valence-corrected chi connectivity index (χ0v) is 38.0. The first-order valence-corrected chi connectivity index (χ1v) is 24.8. The van der Waals surface area contributed by atoms with E-state index in [0.29, 0.717) is 11.8 Å². The van der Waals surface area contributed by atoms with Gasteiger partial charge in [-0.3, -0.25) is 9.97 Å². The molecule has 0 fully saturated rings. The molecule has 4 heteroatoms. The highest BCUT2D eigenvalue weighted by Gasteiger charge is 2.46. The number of rotatable bonds is 2. The van der Waals surface area contributed by atoms with E-state index >= 15 is 0 Å². The van der Waals surface area contributed by atoms with Crippen molar-refractivity contribution in [2.24, 2.45) is 0 Å². The summed E-state index contributed by atoms with van der Waals surface area (Å²) in [5.41, 5.74) is 29.5. The Balaban J connectivity index is 0.961. The van der Waals surface area contributed by atoms with E-state index < -0.39 is 0 Å². The molecular weight excluding hydrogens is 849 g/mol. The second-order valence-corrected chi connectivity index (χ2v) is 20.2. The molecule has 8 aromatic carbocycles. The number of pyridine rings is 4. The summed E-state index contributed by atoms with van der Waals surface area (Å²) in [6, 6.07) is 68.1. The lowest BCUT2D eigenvalue weighted by molar-refractivity contribution is 0.797. The molecule has 4 nitrogen and oxygen atoms in total. The molecule has 4 atom stereocenters. The molecule has 0 radical (unpaired) electrons. The monoisotopic (exact) mass is 888 g/mol. The zero-order valence-electron chi connectivity index (χ0n) is 38.0. The topological polar surface area (TPSA) is 51.6 Å². The van der Waals surface area contributed by atoms with Gasteiger partial charge < -0.3 is 0 Å². The first-order valence-electron chi connectivity index (χ1n) is 24.8. The molecule has 0 spiro atoms. The number of hydrogen-bond acceptors (Lipinski definition) is 4. The van der Waals surface area contributed by atoms with E-state index in [9.17, 15) is 0 Å². The van der Waals surface area contributed by atoms with E-state index in [-0.39, 0.29) is 11.8 Å². The van der Waals surface area contributed by atoms with Crippen LogP contribution in [0.1, 0.15) is 81.0 Å². The maximum Gasteiger partial charge on any atom is 0.0975 e. The fraction of sp³-hybridized carbons (Fsp3) is 0.0909. The molecule has 0 saturated carbocycles. The predicted molar refractivity (Wildman–Crippen MR) is 283 cm³/mol. The van der Waals surface area contributed by atoms with E-state index in [0.717, 1.165) is 68.2 Å². The van der Waals surface area contributed by atoms with Gasteiger partial charge in [0.15, 0.2) is 0 Å².